The predicted molar refractivity (Wildman–Crippen MR) is 150 cm³/mol. The molecule has 1 atom stereocenters. The van der Waals surface area contributed by atoms with Crippen molar-refractivity contribution in [3.8, 4) is 6.07 Å². The molecule has 0 radical (unpaired) electrons. The highest BCUT2D eigenvalue weighted by molar-refractivity contribution is 7.52. The maximum atomic E-state index is 14.3. The summed E-state index contributed by atoms with van der Waals surface area (Å²) in [6, 6.07) is 27.5. The van der Waals surface area contributed by atoms with E-state index >= 15 is 0 Å². The Labute approximate surface area is 235 Å². The molecule has 0 amide bonds. The number of carbonyl (C=O) groups is 1. The first-order chi connectivity index (χ1) is 19.5. The topological polar surface area (TPSA) is 98.4 Å². The number of nitrogens with zero attached hydrogens (tertiary/aromatic N) is 1. The van der Waals surface area contributed by atoms with Gasteiger partial charge in [0.15, 0.2) is 5.78 Å². The zero-order valence-electron chi connectivity index (χ0n) is 21.6. The Bertz CT molecular complexity index is 1630. The lowest BCUT2D eigenvalue weighted by Crippen LogP contribution is -2.38. The van der Waals surface area contributed by atoms with E-state index in [0.717, 1.165) is 17.7 Å². The van der Waals surface area contributed by atoms with E-state index in [9.17, 15) is 27.8 Å². The number of allylic oxidation sites excluding steroid dienone is 1. The van der Waals surface area contributed by atoms with Crippen molar-refractivity contribution in [1.82, 2.24) is 0 Å². The van der Waals surface area contributed by atoms with Gasteiger partial charge in [-0.25, -0.2) is 4.39 Å². The number of rotatable bonds is 10. The summed E-state index contributed by atoms with van der Waals surface area (Å²) in [6.07, 6.45) is 3.84. The summed E-state index contributed by atoms with van der Waals surface area (Å²) in [7, 11) is -5.76. The summed E-state index contributed by atoms with van der Waals surface area (Å²) in [6.45, 7) is 0. The largest absolute Gasteiger partial charge is 0.399 e. The lowest BCUT2D eigenvalue weighted by molar-refractivity contribution is 0.0564. The van der Waals surface area contributed by atoms with Crippen LogP contribution in [0.15, 0.2) is 109 Å². The van der Waals surface area contributed by atoms with Crippen LogP contribution in [0.2, 0.25) is 0 Å². The van der Waals surface area contributed by atoms with Crippen LogP contribution in [-0.4, -0.2) is 15.6 Å². The molecule has 0 bridgehead atoms. The first-order valence-corrected chi connectivity index (χ1v) is 14.1. The summed E-state index contributed by atoms with van der Waals surface area (Å²) in [5, 5.41) is 9.32. The molecule has 0 aromatic heterocycles. The first kappa shape index (κ1) is 29.7. The van der Waals surface area contributed by atoms with E-state index in [4.69, 9.17) is 9.79 Å². The molecule has 0 aliphatic carbocycles. The normalized spacial score (nSPS) is 13.5. The maximum absolute atomic E-state index is 14.3. The fourth-order valence-corrected chi connectivity index (χ4v) is 5.12. The second-order valence-electron chi connectivity index (χ2n) is 9.58. The molecule has 0 aliphatic heterocycles. The van der Waals surface area contributed by atoms with Gasteiger partial charge in [-0.05, 0) is 65.9 Å². The zero-order chi connectivity index (χ0) is 29.7. The van der Waals surface area contributed by atoms with Gasteiger partial charge in [0, 0.05) is 11.1 Å². The lowest BCUT2D eigenvalue weighted by Gasteiger charge is -2.33. The summed E-state index contributed by atoms with van der Waals surface area (Å²) in [4.78, 5) is 32.5. The number of benzene rings is 4. The van der Waals surface area contributed by atoms with Gasteiger partial charge < -0.3 is 9.79 Å². The van der Waals surface area contributed by atoms with Gasteiger partial charge in [0.25, 0.3) is 0 Å². The third-order valence-corrected chi connectivity index (χ3v) is 7.85. The number of nitriles is 1. The predicted octanol–water partition coefficient (Wildman–Crippen LogP) is 7.39. The molecule has 4 aromatic rings. The van der Waals surface area contributed by atoms with Crippen molar-refractivity contribution in [2.24, 2.45) is 0 Å². The second-order valence-corrected chi connectivity index (χ2v) is 11.2. The third-order valence-electron chi connectivity index (χ3n) is 6.86. The highest BCUT2D eigenvalue weighted by atomic mass is 31.2. The Morgan fingerprint density at radius 2 is 1.44 bits per heavy atom. The number of alkyl halides is 2. The average Bonchev–Trinajstić information content (AvgIpc) is 2.97. The monoisotopic (exact) mass is 575 g/mol. The van der Waals surface area contributed by atoms with Crippen LogP contribution in [0.1, 0.15) is 44.6 Å². The molecule has 0 aliphatic rings. The molecule has 4 rings (SSSR count). The first-order valence-electron chi connectivity index (χ1n) is 12.5. The standard InChI is InChI=1S/C32H25F3NO4P/c33-29-18-12-26(13-19-29)30(37)31(27-14-10-25(22-36)11-15-27,20-4-7-23-5-2-1-3-6-23)21-24-8-16-28(17-9-24)32(34,35)41(38,39)40/h1-19H,20-21H2,(H2,38,39,40). The fourth-order valence-electron chi connectivity index (χ4n) is 4.64. The van der Waals surface area contributed by atoms with Crippen molar-refractivity contribution in [3.05, 3.63) is 148 Å². The van der Waals surface area contributed by atoms with Crippen molar-refractivity contribution >= 4 is 19.5 Å². The van der Waals surface area contributed by atoms with Crippen LogP contribution in [0, 0.1) is 17.1 Å². The van der Waals surface area contributed by atoms with E-state index in [1.54, 1.807) is 24.3 Å². The molecule has 5 nitrogen and oxygen atoms in total. The lowest BCUT2D eigenvalue weighted by atomic mass is 9.68. The van der Waals surface area contributed by atoms with E-state index in [1.165, 1.54) is 36.4 Å². The Hall–Kier alpha value is -4.28. The minimum atomic E-state index is -5.76. The summed E-state index contributed by atoms with van der Waals surface area (Å²) < 4.78 is 53.7. The molecule has 2 N–H and O–H groups in total. The fraction of sp³-hybridized carbons (Fsp3) is 0.125. The Balaban J connectivity index is 1.85. The number of ketones is 1. The van der Waals surface area contributed by atoms with Gasteiger partial charge in [0.1, 0.15) is 5.82 Å². The van der Waals surface area contributed by atoms with Gasteiger partial charge in [0.05, 0.1) is 17.0 Å². The number of hydrogen-bond donors (Lipinski definition) is 2. The molecule has 0 heterocycles. The highest BCUT2D eigenvalue weighted by Crippen LogP contribution is 2.59. The quantitative estimate of drug-likeness (QED) is 0.152. The van der Waals surface area contributed by atoms with Gasteiger partial charge in [-0.3, -0.25) is 9.36 Å². The minimum Gasteiger partial charge on any atom is -0.320 e. The third kappa shape index (κ3) is 6.55. The average molecular weight is 576 g/mol. The number of hydrogen-bond acceptors (Lipinski definition) is 3. The van der Waals surface area contributed by atoms with Crippen molar-refractivity contribution in [2.75, 3.05) is 0 Å². The van der Waals surface area contributed by atoms with Crippen molar-refractivity contribution < 1.29 is 32.3 Å². The van der Waals surface area contributed by atoms with E-state index in [1.807, 2.05) is 48.6 Å². The molecule has 1 unspecified atom stereocenters. The van der Waals surface area contributed by atoms with Gasteiger partial charge >= 0.3 is 13.3 Å². The van der Waals surface area contributed by atoms with Gasteiger partial charge in [0.2, 0.25) is 0 Å². The molecule has 0 saturated carbocycles. The van der Waals surface area contributed by atoms with E-state index in [2.05, 4.69) is 0 Å². The summed E-state index contributed by atoms with van der Waals surface area (Å²) >= 11 is 0. The van der Waals surface area contributed by atoms with Crippen molar-refractivity contribution in [1.29, 1.82) is 5.26 Å². The highest BCUT2D eigenvalue weighted by Gasteiger charge is 2.50. The molecule has 0 spiro atoms. The van der Waals surface area contributed by atoms with Crippen LogP contribution in [-0.2, 0) is 22.1 Å². The van der Waals surface area contributed by atoms with Crippen molar-refractivity contribution in [2.45, 2.75) is 23.9 Å². The molecule has 41 heavy (non-hydrogen) atoms. The number of Topliss-reactive ketones (excluding diaryl/α,β-unsaturated/α-hetero) is 1. The SMILES string of the molecule is N#Cc1ccc(C(CC=Cc2ccccc2)(Cc2ccc(C(F)(F)P(=O)(O)O)cc2)C(=O)c2ccc(F)cc2)cc1. The van der Waals surface area contributed by atoms with Crippen LogP contribution in [0.4, 0.5) is 13.2 Å². The molecule has 9 heteroatoms. The van der Waals surface area contributed by atoms with Gasteiger partial charge in [-0.2, -0.15) is 14.0 Å². The van der Waals surface area contributed by atoms with Crippen LogP contribution >= 0.6 is 7.60 Å². The van der Waals surface area contributed by atoms with Crippen LogP contribution in [0.25, 0.3) is 6.08 Å². The molecule has 0 fully saturated rings. The molecule has 4 aromatic carbocycles. The molecular formula is C32H25F3NO4P. The minimum absolute atomic E-state index is 0.00992. The Morgan fingerprint density at radius 1 is 0.854 bits per heavy atom. The van der Waals surface area contributed by atoms with Crippen LogP contribution in [0.3, 0.4) is 0 Å². The zero-order valence-corrected chi connectivity index (χ0v) is 22.5. The van der Waals surface area contributed by atoms with Gasteiger partial charge in [-0.15, -0.1) is 0 Å². The van der Waals surface area contributed by atoms with Gasteiger partial charge in [-0.1, -0.05) is 78.9 Å². The smallest absolute Gasteiger partial charge is 0.320 e. The number of carbonyl (C=O) groups excluding carboxylic acids is 1. The van der Waals surface area contributed by atoms with E-state index in [0.29, 0.717) is 16.7 Å². The molecule has 208 valence electrons. The van der Waals surface area contributed by atoms with Crippen LogP contribution < -0.4 is 0 Å². The van der Waals surface area contributed by atoms with E-state index < -0.39 is 30.1 Å². The number of halogens is 3. The summed E-state index contributed by atoms with van der Waals surface area (Å²) in [5.74, 6) is -0.874. The summed E-state index contributed by atoms with van der Waals surface area (Å²) in [5.41, 5.74) is -4.06. The Morgan fingerprint density at radius 3 is 2.00 bits per heavy atom. The van der Waals surface area contributed by atoms with Crippen molar-refractivity contribution in [3.63, 3.8) is 0 Å². The van der Waals surface area contributed by atoms with E-state index in [-0.39, 0.29) is 24.2 Å². The molecular weight excluding hydrogens is 550 g/mol. The Kier molecular flexibility index (Phi) is 8.74. The van der Waals surface area contributed by atoms with Crippen LogP contribution in [0.5, 0.6) is 0 Å². The second kappa shape index (κ2) is 12.1. The maximum Gasteiger partial charge on any atom is 0.399 e. The molecule has 0 saturated heterocycles.